The van der Waals surface area contributed by atoms with Crippen molar-refractivity contribution < 1.29 is 14.0 Å². The number of amides is 2. The Labute approximate surface area is 161 Å². The molecule has 2 amide bonds. The highest BCUT2D eigenvalue weighted by atomic mass is 16.3. The smallest absolute Gasteiger partial charge is 0.291 e. The number of carbonyl (C=O) groups excluding carboxylic acids is 2. The molecule has 1 aliphatic carbocycles. The maximum atomic E-state index is 12.3. The van der Waals surface area contributed by atoms with Crippen molar-refractivity contribution in [1.82, 2.24) is 25.5 Å². The van der Waals surface area contributed by atoms with Crippen LogP contribution in [0.25, 0.3) is 11.4 Å². The van der Waals surface area contributed by atoms with E-state index in [1.807, 2.05) is 6.07 Å². The van der Waals surface area contributed by atoms with Gasteiger partial charge in [0.2, 0.25) is 11.7 Å². The zero-order valence-corrected chi connectivity index (χ0v) is 15.2. The van der Waals surface area contributed by atoms with Gasteiger partial charge in [-0.3, -0.25) is 9.59 Å². The molecule has 2 aromatic heterocycles. The number of carbonyl (C=O) groups is 2. The first kappa shape index (κ1) is 17.9. The molecular weight excluding hydrogens is 360 g/mol. The van der Waals surface area contributed by atoms with E-state index in [0.29, 0.717) is 17.1 Å². The van der Waals surface area contributed by atoms with E-state index in [-0.39, 0.29) is 30.2 Å². The minimum atomic E-state index is -0.374. The number of rotatable bonds is 6. The molecule has 1 aromatic carbocycles. The van der Waals surface area contributed by atoms with Crippen LogP contribution in [0.4, 0.5) is 5.69 Å². The normalized spacial score (nSPS) is 14.1. The second kappa shape index (κ2) is 8.03. The van der Waals surface area contributed by atoms with Crippen molar-refractivity contribution in [2.45, 2.75) is 38.3 Å². The lowest BCUT2D eigenvalue weighted by molar-refractivity contribution is -0.122. The van der Waals surface area contributed by atoms with Crippen molar-refractivity contribution in [3.63, 3.8) is 0 Å². The summed E-state index contributed by atoms with van der Waals surface area (Å²) in [5.41, 5.74) is 1.13. The topological polar surface area (TPSA) is 115 Å². The molecule has 3 aromatic rings. The van der Waals surface area contributed by atoms with Gasteiger partial charge in [-0.05, 0) is 42.3 Å². The molecule has 1 fully saturated rings. The first-order valence-corrected chi connectivity index (χ1v) is 9.20. The standard InChI is InChI=1S/C19H20N6O3/c26-17(20-13-6-1-2-7-13)12-25-23-18(22-24-25)14-8-3-4-9-15(14)21-19(27)16-10-5-11-28-16/h3-5,8-11,13H,1-2,6-7,12H2,(H,20,26)(H,21,27). The minimum absolute atomic E-state index is 0.00439. The summed E-state index contributed by atoms with van der Waals surface area (Å²) in [4.78, 5) is 25.7. The predicted molar refractivity (Wildman–Crippen MR) is 100 cm³/mol. The lowest BCUT2D eigenvalue weighted by Crippen LogP contribution is -2.35. The Kier molecular flexibility index (Phi) is 5.14. The van der Waals surface area contributed by atoms with Crippen LogP contribution in [0.15, 0.2) is 47.1 Å². The van der Waals surface area contributed by atoms with Crippen molar-refractivity contribution in [2.75, 3.05) is 5.32 Å². The number of benzene rings is 1. The highest BCUT2D eigenvalue weighted by molar-refractivity contribution is 6.04. The molecule has 0 spiro atoms. The van der Waals surface area contributed by atoms with Gasteiger partial charge in [0.1, 0.15) is 6.54 Å². The summed E-state index contributed by atoms with van der Waals surface area (Å²) >= 11 is 0. The van der Waals surface area contributed by atoms with Crippen LogP contribution < -0.4 is 10.6 Å². The largest absolute Gasteiger partial charge is 0.459 e. The fraction of sp³-hybridized carbons (Fsp3) is 0.316. The van der Waals surface area contributed by atoms with Crippen LogP contribution in [0.1, 0.15) is 36.2 Å². The fourth-order valence-corrected chi connectivity index (χ4v) is 3.27. The molecule has 9 heteroatoms. The Morgan fingerprint density at radius 2 is 1.96 bits per heavy atom. The summed E-state index contributed by atoms with van der Waals surface area (Å²) in [6, 6.07) is 10.6. The minimum Gasteiger partial charge on any atom is -0.459 e. The van der Waals surface area contributed by atoms with Crippen molar-refractivity contribution in [3.05, 3.63) is 48.4 Å². The Hall–Kier alpha value is -3.49. The van der Waals surface area contributed by atoms with Gasteiger partial charge in [0.25, 0.3) is 5.91 Å². The van der Waals surface area contributed by atoms with Gasteiger partial charge in [-0.1, -0.05) is 25.0 Å². The summed E-state index contributed by atoms with van der Waals surface area (Å²) in [5, 5.41) is 18.0. The predicted octanol–water partition coefficient (Wildman–Crippen LogP) is 2.24. The van der Waals surface area contributed by atoms with Gasteiger partial charge in [0.05, 0.1) is 12.0 Å². The van der Waals surface area contributed by atoms with Crippen LogP contribution >= 0.6 is 0 Å². The number of nitrogens with one attached hydrogen (secondary N) is 2. The van der Waals surface area contributed by atoms with E-state index in [1.54, 1.807) is 30.3 Å². The molecule has 1 saturated carbocycles. The van der Waals surface area contributed by atoms with Crippen LogP contribution in [0, 0.1) is 0 Å². The summed E-state index contributed by atoms with van der Waals surface area (Å²) in [6.45, 7) is 0.00439. The second-order valence-corrected chi connectivity index (χ2v) is 6.67. The Morgan fingerprint density at radius 1 is 1.14 bits per heavy atom. The van der Waals surface area contributed by atoms with E-state index < -0.39 is 0 Å². The van der Waals surface area contributed by atoms with Crippen LogP contribution in [0.3, 0.4) is 0 Å². The van der Waals surface area contributed by atoms with E-state index in [4.69, 9.17) is 4.42 Å². The number of tetrazole rings is 1. The number of para-hydroxylation sites is 1. The Balaban J connectivity index is 1.46. The van der Waals surface area contributed by atoms with Gasteiger partial charge in [0.15, 0.2) is 5.76 Å². The number of nitrogens with zero attached hydrogens (tertiary/aromatic N) is 4. The number of furan rings is 1. The first-order chi connectivity index (χ1) is 13.7. The summed E-state index contributed by atoms with van der Waals surface area (Å²) < 4.78 is 5.11. The zero-order chi connectivity index (χ0) is 19.3. The van der Waals surface area contributed by atoms with Crippen LogP contribution in [-0.4, -0.2) is 38.1 Å². The van der Waals surface area contributed by atoms with Crippen LogP contribution in [0.2, 0.25) is 0 Å². The average molecular weight is 380 g/mol. The third-order valence-corrected chi connectivity index (χ3v) is 4.62. The van der Waals surface area contributed by atoms with Gasteiger partial charge >= 0.3 is 0 Å². The quantitative estimate of drug-likeness (QED) is 0.678. The van der Waals surface area contributed by atoms with Crippen LogP contribution in [0.5, 0.6) is 0 Å². The molecule has 0 atom stereocenters. The lowest BCUT2D eigenvalue weighted by Gasteiger charge is -2.10. The molecule has 144 valence electrons. The molecule has 2 N–H and O–H groups in total. The lowest BCUT2D eigenvalue weighted by atomic mass is 10.1. The Morgan fingerprint density at radius 3 is 2.75 bits per heavy atom. The maximum absolute atomic E-state index is 12.3. The SMILES string of the molecule is O=C(Cn1nnc(-c2ccccc2NC(=O)c2ccco2)n1)NC1CCCC1. The van der Waals surface area contributed by atoms with E-state index in [9.17, 15) is 9.59 Å². The van der Waals surface area contributed by atoms with Gasteiger partial charge in [-0.15, -0.1) is 10.2 Å². The molecule has 0 aliphatic heterocycles. The molecule has 2 heterocycles. The van der Waals surface area contributed by atoms with Gasteiger partial charge in [-0.2, -0.15) is 4.80 Å². The first-order valence-electron chi connectivity index (χ1n) is 9.20. The van der Waals surface area contributed by atoms with E-state index in [2.05, 4.69) is 26.0 Å². The highest BCUT2D eigenvalue weighted by Gasteiger charge is 2.19. The molecule has 9 nitrogen and oxygen atoms in total. The molecule has 4 rings (SSSR count). The molecule has 0 radical (unpaired) electrons. The number of anilines is 1. The number of hydrogen-bond acceptors (Lipinski definition) is 6. The summed E-state index contributed by atoms with van der Waals surface area (Å²) in [7, 11) is 0. The van der Waals surface area contributed by atoms with E-state index in [1.165, 1.54) is 11.1 Å². The summed E-state index contributed by atoms with van der Waals surface area (Å²) in [6.07, 6.45) is 5.77. The molecule has 0 unspecified atom stereocenters. The zero-order valence-electron chi connectivity index (χ0n) is 15.2. The van der Waals surface area contributed by atoms with Gasteiger partial charge in [-0.25, -0.2) is 0 Å². The van der Waals surface area contributed by atoms with E-state index >= 15 is 0 Å². The Bertz CT molecular complexity index is 960. The monoisotopic (exact) mass is 380 g/mol. The van der Waals surface area contributed by atoms with Crippen molar-refractivity contribution in [1.29, 1.82) is 0 Å². The molecule has 28 heavy (non-hydrogen) atoms. The molecule has 0 saturated heterocycles. The molecule has 1 aliphatic rings. The van der Waals surface area contributed by atoms with E-state index in [0.717, 1.165) is 25.7 Å². The third kappa shape index (κ3) is 4.08. The fourth-order valence-electron chi connectivity index (χ4n) is 3.27. The van der Waals surface area contributed by atoms with Gasteiger partial charge < -0.3 is 15.1 Å². The third-order valence-electron chi connectivity index (χ3n) is 4.62. The summed E-state index contributed by atoms with van der Waals surface area (Å²) in [5.74, 6) is 0.0232. The second-order valence-electron chi connectivity index (χ2n) is 6.67. The maximum Gasteiger partial charge on any atom is 0.291 e. The van der Waals surface area contributed by atoms with Crippen molar-refractivity contribution in [2.24, 2.45) is 0 Å². The highest BCUT2D eigenvalue weighted by Crippen LogP contribution is 2.25. The van der Waals surface area contributed by atoms with Crippen molar-refractivity contribution >= 4 is 17.5 Å². The average Bonchev–Trinajstić information content (AvgIpc) is 3.45. The van der Waals surface area contributed by atoms with Crippen LogP contribution in [-0.2, 0) is 11.3 Å². The van der Waals surface area contributed by atoms with Gasteiger partial charge in [0, 0.05) is 11.6 Å². The number of aromatic nitrogens is 4. The molecule has 0 bridgehead atoms. The van der Waals surface area contributed by atoms with Crippen molar-refractivity contribution in [3.8, 4) is 11.4 Å². The molecular formula is C19H20N6O3. The number of hydrogen-bond donors (Lipinski definition) is 2.